The van der Waals surface area contributed by atoms with Crippen molar-refractivity contribution in [3.63, 3.8) is 0 Å². The fourth-order valence-corrected chi connectivity index (χ4v) is 1.87. The summed E-state index contributed by atoms with van der Waals surface area (Å²) in [6, 6.07) is 0.654. The smallest absolute Gasteiger partial charge is 0.0456 e. The lowest BCUT2D eigenvalue weighted by Crippen LogP contribution is -2.27. The number of hydrogen-bond donors (Lipinski definition) is 2. The van der Waals surface area contributed by atoms with Crippen molar-refractivity contribution >= 4 is 0 Å². The third-order valence-corrected chi connectivity index (χ3v) is 3.17. The van der Waals surface area contributed by atoms with E-state index in [1.807, 2.05) is 0 Å². The maximum Gasteiger partial charge on any atom is 0.0456 e. The second-order valence-electron chi connectivity index (χ2n) is 5.13. The minimum atomic E-state index is 0.326. The van der Waals surface area contributed by atoms with Gasteiger partial charge in [0.05, 0.1) is 0 Å². The average molecular weight is 229 g/mol. The number of aliphatic hydroxyl groups is 1. The molecular weight excluding hydrogens is 198 g/mol. The molecule has 2 N–H and O–H groups in total. The number of unbranched alkanes of at least 4 members (excludes halogenated alkanes) is 3. The van der Waals surface area contributed by atoms with Gasteiger partial charge in [-0.05, 0) is 38.6 Å². The van der Waals surface area contributed by atoms with Crippen LogP contribution in [-0.4, -0.2) is 24.3 Å². The minimum absolute atomic E-state index is 0.326. The molecule has 2 heteroatoms. The van der Waals surface area contributed by atoms with Gasteiger partial charge >= 0.3 is 0 Å². The van der Waals surface area contributed by atoms with Gasteiger partial charge in [-0.25, -0.2) is 0 Å². The van der Waals surface area contributed by atoms with E-state index in [4.69, 9.17) is 5.11 Å². The molecule has 98 valence electrons. The average Bonchev–Trinajstić information content (AvgIpc) is 2.30. The Kier molecular flexibility index (Phi) is 11.3. The Labute approximate surface area is 102 Å². The quantitative estimate of drug-likeness (QED) is 0.533. The Morgan fingerprint density at radius 1 is 1.00 bits per heavy atom. The summed E-state index contributed by atoms with van der Waals surface area (Å²) in [4.78, 5) is 0. The van der Waals surface area contributed by atoms with Crippen LogP contribution < -0.4 is 5.32 Å². The van der Waals surface area contributed by atoms with Crippen LogP contribution in [0.4, 0.5) is 0 Å². The lowest BCUT2D eigenvalue weighted by molar-refractivity contribution is 0.227. The van der Waals surface area contributed by atoms with Crippen LogP contribution in [-0.2, 0) is 0 Å². The highest BCUT2D eigenvalue weighted by Gasteiger charge is 2.02. The first kappa shape index (κ1) is 15.9. The topological polar surface area (TPSA) is 32.3 Å². The number of nitrogens with one attached hydrogen (secondary N) is 1. The summed E-state index contributed by atoms with van der Waals surface area (Å²) in [5.41, 5.74) is 0. The standard InChI is InChI=1S/C14H31NO/c1-4-5-6-7-10-14(3)15-11-8-9-13(2)12-16/h13-16H,4-12H2,1-3H3. The van der Waals surface area contributed by atoms with E-state index in [0.29, 0.717) is 18.6 Å². The van der Waals surface area contributed by atoms with Crippen LogP contribution >= 0.6 is 0 Å². The van der Waals surface area contributed by atoms with Gasteiger partial charge in [-0.3, -0.25) is 0 Å². The molecule has 0 saturated carbocycles. The summed E-state index contributed by atoms with van der Waals surface area (Å²) in [5.74, 6) is 0.460. The van der Waals surface area contributed by atoms with E-state index in [2.05, 4.69) is 26.1 Å². The normalized spacial score (nSPS) is 15.0. The van der Waals surface area contributed by atoms with Gasteiger partial charge in [0.2, 0.25) is 0 Å². The van der Waals surface area contributed by atoms with Gasteiger partial charge in [0.1, 0.15) is 0 Å². The van der Waals surface area contributed by atoms with Crippen LogP contribution in [0.5, 0.6) is 0 Å². The van der Waals surface area contributed by atoms with E-state index in [-0.39, 0.29) is 0 Å². The van der Waals surface area contributed by atoms with E-state index in [1.165, 1.54) is 38.5 Å². The van der Waals surface area contributed by atoms with E-state index in [0.717, 1.165) is 13.0 Å². The Morgan fingerprint density at radius 2 is 1.75 bits per heavy atom. The van der Waals surface area contributed by atoms with Crippen molar-refractivity contribution in [2.75, 3.05) is 13.2 Å². The van der Waals surface area contributed by atoms with Gasteiger partial charge in [-0.2, -0.15) is 0 Å². The Bertz CT molecular complexity index is 139. The molecule has 0 heterocycles. The van der Waals surface area contributed by atoms with E-state index in [9.17, 15) is 0 Å². The molecule has 2 nitrogen and oxygen atoms in total. The molecule has 0 rings (SSSR count). The number of aliphatic hydroxyl groups excluding tert-OH is 1. The molecule has 0 spiro atoms. The predicted molar refractivity (Wildman–Crippen MR) is 71.7 cm³/mol. The van der Waals surface area contributed by atoms with Gasteiger partial charge in [-0.1, -0.05) is 39.5 Å². The summed E-state index contributed by atoms with van der Waals surface area (Å²) < 4.78 is 0. The molecule has 0 aromatic rings. The predicted octanol–water partition coefficient (Wildman–Crippen LogP) is 3.34. The van der Waals surface area contributed by atoms with Crippen molar-refractivity contribution in [3.05, 3.63) is 0 Å². The van der Waals surface area contributed by atoms with E-state index in [1.54, 1.807) is 0 Å². The summed E-state index contributed by atoms with van der Waals surface area (Å²) >= 11 is 0. The monoisotopic (exact) mass is 229 g/mol. The Morgan fingerprint density at radius 3 is 2.38 bits per heavy atom. The van der Waals surface area contributed by atoms with Gasteiger partial charge in [-0.15, -0.1) is 0 Å². The first-order chi connectivity index (χ1) is 7.70. The van der Waals surface area contributed by atoms with Crippen molar-refractivity contribution in [1.29, 1.82) is 0 Å². The van der Waals surface area contributed by atoms with Crippen molar-refractivity contribution in [1.82, 2.24) is 5.32 Å². The Balaban J connectivity index is 3.20. The third kappa shape index (κ3) is 10.4. The Hall–Kier alpha value is -0.0800. The first-order valence-electron chi connectivity index (χ1n) is 7.05. The SMILES string of the molecule is CCCCCCC(C)NCCCC(C)CO. The first-order valence-corrected chi connectivity index (χ1v) is 7.05. The molecule has 0 aliphatic rings. The van der Waals surface area contributed by atoms with Crippen LogP contribution in [0.3, 0.4) is 0 Å². The summed E-state index contributed by atoms with van der Waals surface area (Å²) in [6.45, 7) is 8.06. The van der Waals surface area contributed by atoms with Crippen LogP contribution in [0.2, 0.25) is 0 Å². The second kappa shape index (κ2) is 11.4. The number of rotatable bonds is 11. The summed E-state index contributed by atoms with van der Waals surface area (Å²) in [5, 5.41) is 12.4. The van der Waals surface area contributed by atoms with Gasteiger partial charge < -0.3 is 10.4 Å². The fourth-order valence-electron chi connectivity index (χ4n) is 1.87. The van der Waals surface area contributed by atoms with Gasteiger partial charge in [0.15, 0.2) is 0 Å². The maximum absolute atomic E-state index is 8.89. The van der Waals surface area contributed by atoms with Crippen LogP contribution in [0.1, 0.15) is 65.7 Å². The molecule has 0 aromatic carbocycles. The van der Waals surface area contributed by atoms with Crippen molar-refractivity contribution in [3.8, 4) is 0 Å². The molecule has 0 aromatic heterocycles. The molecular formula is C14H31NO. The van der Waals surface area contributed by atoms with Crippen molar-refractivity contribution in [2.24, 2.45) is 5.92 Å². The van der Waals surface area contributed by atoms with E-state index >= 15 is 0 Å². The van der Waals surface area contributed by atoms with Crippen LogP contribution in [0, 0.1) is 5.92 Å². The fraction of sp³-hybridized carbons (Fsp3) is 1.00. The molecule has 0 amide bonds. The van der Waals surface area contributed by atoms with Crippen LogP contribution in [0.15, 0.2) is 0 Å². The van der Waals surface area contributed by atoms with Crippen molar-refractivity contribution in [2.45, 2.75) is 71.8 Å². The molecule has 0 bridgehead atoms. The van der Waals surface area contributed by atoms with Gasteiger partial charge in [0, 0.05) is 12.6 Å². The third-order valence-electron chi connectivity index (χ3n) is 3.17. The summed E-state index contributed by atoms with van der Waals surface area (Å²) in [7, 11) is 0. The molecule has 2 unspecified atom stereocenters. The van der Waals surface area contributed by atoms with Crippen molar-refractivity contribution < 1.29 is 5.11 Å². The second-order valence-corrected chi connectivity index (χ2v) is 5.13. The molecule has 0 aliphatic heterocycles. The van der Waals surface area contributed by atoms with Crippen LogP contribution in [0.25, 0.3) is 0 Å². The lowest BCUT2D eigenvalue weighted by atomic mass is 10.1. The summed E-state index contributed by atoms with van der Waals surface area (Å²) in [6.07, 6.45) is 9.04. The zero-order valence-electron chi connectivity index (χ0n) is 11.5. The number of hydrogen-bond acceptors (Lipinski definition) is 2. The molecule has 0 saturated heterocycles. The molecule has 0 aliphatic carbocycles. The van der Waals surface area contributed by atoms with Gasteiger partial charge in [0.25, 0.3) is 0 Å². The maximum atomic E-state index is 8.89. The zero-order valence-corrected chi connectivity index (χ0v) is 11.5. The lowest BCUT2D eigenvalue weighted by Gasteiger charge is -2.14. The molecule has 0 radical (unpaired) electrons. The minimum Gasteiger partial charge on any atom is -0.396 e. The highest BCUT2D eigenvalue weighted by atomic mass is 16.3. The largest absolute Gasteiger partial charge is 0.396 e. The zero-order chi connectivity index (χ0) is 12.2. The molecule has 2 atom stereocenters. The van der Waals surface area contributed by atoms with E-state index < -0.39 is 0 Å². The highest BCUT2D eigenvalue weighted by molar-refractivity contribution is 4.61. The molecule has 0 fully saturated rings. The highest BCUT2D eigenvalue weighted by Crippen LogP contribution is 2.06. The molecule has 16 heavy (non-hydrogen) atoms.